The molecule has 10 heteroatoms. The lowest BCUT2D eigenvalue weighted by Crippen LogP contribution is -2.48. The van der Waals surface area contributed by atoms with Crippen LogP contribution in [0.25, 0.3) is 10.9 Å². The van der Waals surface area contributed by atoms with Gasteiger partial charge in [0.1, 0.15) is 23.2 Å². The summed E-state index contributed by atoms with van der Waals surface area (Å²) in [4.78, 5) is 24.7. The zero-order chi connectivity index (χ0) is 25.3. The first-order valence-electron chi connectivity index (χ1n) is 11.4. The number of anilines is 2. The predicted octanol–water partition coefficient (Wildman–Crippen LogP) is 4.87. The van der Waals surface area contributed by atoms with Crippen LogP contribution < -0.4 is 15.0 Å². The molecule has 186 valence electrons. The number of nitrogens with zero attached hydrogens (tertiary/aromatic N) is 4. The number of hydrogen-bond acceptors (Lipinski definition) is 6. The number of carbonyl (C=O) groups excluding carboxylic acids is 1. The van der Waals surface area contributed by atoms with Crippen molar-refractivity contribution >= 4 is 28.3 Å². The van der Waals surface area contributed by atoms with Gasteiger partial charge in [0, 0.05) is 44.1 Å². The van der Waals surface area contributed by atoms with E-state index in [2.05, 4.69) is 20.2 Å². The van der Waals surface area contributed by atoms with Gasteiger partial charge < -0.3 is 19.9 Å². The van der Waals surface area contributed by atoms with E-state index in [1.54, 1.807) is 27.9 Å². The van der Waals surface area contributed by atoms with Gasteiger partial charge in [-0.1, -0.05) is 18.2 Å². The summed E-state index contributed by atoms with van der Waals surface area (Å²) in [6, 6.07) is 7.10. The van der Waals surface area contributed by atoms with Crippen LogP contribution in [0.3, 0.4) is 0 Å². The second kappa shape index (κ2) is 9.97. The van der Waals surface area contributed by atoms with Gasteiger partial charge in [-0.3, -0.25) is 4.79 Å². The summed E-state index contributed by atoms with van der Waals surface area (Å²) in [5, 5.41) is 3.83. The Balaban J connectivity index is 1.69. The van der Waals surface area contributed by atoms with Gasteiger partial charge >= 0.3 is 0 Å². The average molecular weight is 488 g/mol. The highest BCUT2D eigenvalue weighted by Gasteiger charge is 2.24. The van der Waals surface area contributed by atoms with Crippen LogP contribution in [-0.2, 0) is 4.79 Å². The maximum atomic E-state index is 14.7. The summed E-state index contributed by atoms with van der Waals surface area (Å²) in [7, 11) is 1.58. The fourth-order valence-electron chi connectivity index (χ4n) is 4.40. The highest BCUT2D eigenvalue weighted by Crippen LogP contribution is 2.37. The highest BCUT2D eigenvalue weighted by molar-refractivity contribution is 5.94. The molecule has 1 aliphatic rings. The number of halogens is 3. The van der Waals surface area contributed by atoms with Crippen LogP contribution in [0.15, 0.2) is 30.3 Å². The van der Waals surface area contributed by atoms with Crippen LogP contribution in [0.5, 0.6) is 5.75 Å². The minimum atomic E-state index is -2.90. The molecule has 0 spiro atoms. The van der Waals surface area contributed by atoms with Gasteiger partial charge in [-0.15, -0.1) is 0 Å². The van der Waals surface area contributed by atoms with E-state index < -0.39 is 23.8 Å². The van der Waals surface area contributed by atoms with Crippen molar-refractivity contribution in [3.63, 3.8) is 0 Å². The molecule has 1 fully saturated rings. The first-order valence-corrected chi connectivity index (χ1v) is 11.4. The van der Waals surface area contributed by atoms with Gasteiger partial charge in [0.25, 0.3) is 6.43 Å². The zero-order valence-corrected chi connectivity index (χ0v) is 20.1. The van der Waals surface area contributed by atoms with Gasteiger partial charge in [-0.2, -0.15) is 0 Å². The molecular formula is C25H28F3N5O2. The van der Waals surface area contributed by atoms with Gasteiger partial charge in [0.2, 0.25) is 5.91 Å². The normalized spacial score (nSPS) is 15.0. The molecular weight excluding hydrogens is 459 g/mol. The summed E-state index contributed by atoms with van der Waals surface area (Å²) < 4.78 is 46.7. The summed E-state index contributed by atoms with van der Waals surface area (Å²) in [6.07, 6.45) is -2.90. The van der Waals surface area contributed by atoms with E-state index in [0.29, 0.717) is 54.5 Å². The van der Waals surface area contributed by atoms with Crippen LogP contribution in [0.2, 0.25) is 0 Å². The number of benzene rings is 2. The van der Waals surface area contributed by atoms with Gasteiger partial charge in [-0.05, 0) is 26.0 Å². The quantitative estimate of drug-likeness (QED) is 0.535. The van der Waals surface area contributed by atoms with Crippen molar-refractivity contribution in [1.29, 1.82) is 0 Å². The third kappa shape index (κ3) is 4.96. The topological polar surface area (TPSA) is 70.6 Å². The molecule has 2 heterocycles. The van der Waals surface area contributed by atoms with Crippen LogP contribution in [0, 0.1) is 12.7 Å². The zero-order valence-electron chi connectivity index (χ0n) is 20.1. The predicted molar refractivity (Wildman–Crippen MR) is 129 cm³/mol. The molecule has 0 unspecified atom stereocenters. The number of fused-ring (bicyclic) bond motifs is 1. The number of carbonyl (C=O) groups is 1. The second-order valence-corrected chi connectivity index (χ2v) is 8.57. The van der Waals surface area contributed by atoms with E-state index in [9.17, 15) is 18.0 Å². The molecule has 0 bridgehead atoms. The number of rotatable bonds is 6. The molecule has 3 aromatic rings. The van der Waals surface area contributed by atoms with Crippen LogP contribution in [-0.4, -0.2) is 54.1 Å². The van der Waals surface area contributed by atoms with E-state index in [-0.39, 0.29) is 11.5 Å². The van der Waals surface area contributed by atoms with Crippen molar-refractivity contribution in [2.75, 3.05) is 43.5 Å². The molecule has 0 radical (unpaired) electrons. The third-order valence-electron chi connectivity index (χ3n) is 6.29. The molecule has 1 saturated heterocycles. The number of aromatic nitrogens is 2. The Morgan fingerprint density at radius 3 is 2.43 bits per heavy atom. The molecule has 0 aliphatic carbocycles. The minimum Gasteiger partial charge on any atom is -0.495 e. The van der Waals surface area contributed by atoms with Crippen molar-refractivity contribution in [1.82, 2.24) is 14.9 Å². The van der Waals surface area contributed by atoms with Gasteiger partial charge in [0.15, 0.2) is 0 Å². The van der Waals surface area contributed by atoms with Crippen molar-refractivity contribution in [3.8, 4) is 5.75 Å². The number of hydrogen-bond donors (Lipinski definition) is 1. The Morgan fingerprint density at radius 2 is 1.80 bits per heavy atom. The number of aryl methyl sites for hydroxylation is 1. The Kier molecular flexibility index (Phi) is 7.00. The van der Waals surface area contributed by atoms with Crippen LogP contribution >= 0.6 is 0 Å². The van der Waals surface area contributed by atoms with Crippen LogP contribution in [0.4, 0.5) is 24.7 Å². The Bertz CT molecular complexity index is 1250. The lowest BCUT2D eigenvalue weighted by atomic mass is 10.0. The van der Waals surface area contributed by atoms with E-state index >= 15 is 0 Å². The first kappa shape index (κ1) is 24.6. The molecule has 1 aliphatic heterocycles. The Morgan fingerprint density at radius 1 is 1.11 bits per heavy atom. The fraction of sp³-hybridized carbons (Fsp3) is 0.400. The third-order valence-corrected chi connectivity index (χ3v) is 6.29. The van der Waals surface area contributed by atoms with E-state index in [4.69, 9.17) is 4.74 Å². The standard InChI is InChI=1S/C25H28F3N5O2/c1-14(17-6-5-7-18(23(17)26)24(27)28)29-25-19-12-22(35-4)21(13-20(19)30-15(2)31-25)33-10-8-32(9-11-33)16(3)34/h5-7,12-14,24H,8-11H2,1-4H3,(H,29,30,31)/t14-/m1/s1. The van der Waals surface area contributed by atoms with Crippen molar-refractivity contribution in [3.05, 3.63) is 53.1 Å². The fourth-order valence-corrected chi connectivity index (χ4v) is 4.40. The maximum absolute atomic E-state index is 14.7. The summed E-state index contributed by atoms with van der Waals surface area (Å²) in [5.74, 6) is 0.698. The first-order chi connectivity index (χ1) is 16.7. The van der Waals surface area contributed by atoms with Crippen molar-refractivity contribution in [2.24, 2.45) is 0 Å². The van der Waals surface area contributed by atoms with Crippen molar-refractivity contribution < 1.29 is 22.7 Å². The minimum absolute atomic E-state index is 0.0545. The maximum Gasteiger partial charge on any atom is 0.266 e. The summed E-state index contributed by atoms with van der Waals surface area (Å²) in [5.41, 5.74) is 1.02. The Labute approximate surface area is 201 Å². The van der Waals surface area contributed by atoms with E-state index in [1.165, 1.54) is 12.1 Å². The highest BCUT2D eigenvalue weighted by atomic mass is 19.3. The van der Waals surface area contributed by atoms with Crippen molar-refractivity contribution in [2.45, 2.75) is 33.2 Å². The molecule has 2 aromatic carbocycles. The number of methoxy groups -OCH3 is 1. The van der Waals surface area contributed by atoms with Gasteiger partial charge in [0.05, 0.1) is 29.9 Å². The number of piperazine rings is 1. The largest absolute Gasteiger partial charge is 0.495 e. The summed E-state index contributed by atoms with van der Waals surface area (Å²) in [6.45, 7) is 7.57. The number of nitrogens with one attached hydrogen (secondary N) is 1. The molecule has 7 nitrogen and oxygen atoms in total. The lowest BCUT2D eigenvalue weighted by Gasteiger charge is -2.36. The molecule has 35 heavy (non-hydrogen) atoms. The van der Waals surface area contributed by atoms with E-state index in [0.717, 1.165) is 11.8 Å². The molecule has 1 N–H and O–H groups in total. The number of amides is 1. The monoisotopic (exact) mass is 487 g/mol. The molecule has 1 amide bonds. The SMILES string of the molecule is COc1cc2c(N[C@H](C)c3cccc(C(F)F)c3F)nc(C)nc2cc1N1CCN(C(C)=O)CC1. The average Bonchev–Trinajstić information content (AvgIpc) is 2.83. The molecule has 1 atom stereocenters. The lowest BCUT2D eigenvalue weighted by molar-refractivity contribution is -0.129. The van der Waals surface area contributed by atoms with E-state index in [1.807, 2.05) is 17.0 Å². The number of ether oxygens (including phenoxy) is 1. The second-order valence-electron chi connectivity index (χ2n) is 8.57. The Hall–Kier alpha value is -3.56. The number of alkyl halides is 2. The smallest absolute Gasteiger partial charge is 0.266 e. The molecule has 0 saturated carbocycles. The summed E-state index contributed by atoms with van der Waals surface area (Å²) >= 11 is 0. The molecule has 4 rings (SSSR count). The van der Waals surface area contributed by atoms with Gasteiger partial charge in [-0.25, -0.2) is 23.1 Å². The molecule has 1 aromatic heterocycles. The van der Waals surface area contributed by atoms with Crippen LogP contribution in [0.1, 0.15) is 43.3 Å².